The SMILES string of the molecule is O=C(CC(=O)Nc1cccc(C(F)(F)F)c1)NCCc1ccccc1. The maximum absolute atomic E-state index is 12.6. The third-order valence-corrected chi connectivity index (χ3v) is 3.37. The molecule has 2 aromatic carbocycles. The van der Waals surface area contributed by atoms with E-state index in [-0.39, 0.29) is 5.69 Å². The van der Waals surface area contributed by atoms with Crippen LogP contribution in [0.1, 0.15) is 17.5 Å². The number of rotatable bonds is 6. The first-order chi connectivity index (χ1) is 11.8. The molecule has 0 aromatic heterocycles. The van der Waals surface area contributed by atoms with Crippen LogP contribution in [0.25, 0.3) is 0 Å². The summed E-state index contributed by atoms with van der Waals surface area (Å²) in [6.45, 7) is 0.375. The number of benzene rings is 2. The Bertz CT molecular complexity index is 731. The molecule has 0 spiro atoms. The second-order valence-corrected chi connectivity index (χ2v) is 5.39. The lowest BCUT2D eigenvalue weighted by Crippen LogP contribution is -2.29. The fraction of sp³-hybridized carbons (Fsp3) is 0.222. The Kier molecular flexibility index (Phi) is 6.16. The van der Waals surface area contributed by atoms with Crippen LogP contribution >= 0.6 is 0 Å². The number of hydrogen-bond donors (Lipinski definition) is 2. The van der Waals surface area contributed by atoms with Gasteiger partial charge in [0, 0.05) is 12.2 Å². The van der Waals surface area contributed by atoms with Gasteiger partial charge in [0.15, 0.2) is 0 Å². The molecule has 0 aliphatic rings. The molecule has 0 atom stereocenters. The molecule has 2 aromatic rings. The minimum atomic E-state index is -4.49. The van der Waals surface area contributed by atoms with Crippen molar-refractivity contribution in [3.05, 3.63) is 65.7 Å². The topological polar surface area (TPSA) is 58.2 Å². The molecule has 0 saturated carbocycles. The van der Waals surface area contributed by atoms with Gasteiger partial charge >= 0.3 is 6.18 Å². The molecule has 7 heteroatoms. The van der Waals surface area contributed by atoms with Crippen LogP contribution in [0.5, 0.6) is 0 Å². The lowest BCUT2D eigenvalue weighted by atomic mass is 10.1. The average Bonchev–Trinajstić information content (AvgIpc) is 2.55. The summed E-state index contributed by atoms with van der Waals surface area (Å²) in [5.41, 5.74) is 0.186. The molecule has 0 heterocycles. The molecule has 0 bridgehead atoms. The fourth-order valence-corrected chi connectivity index (χ4v) is 2.18. The van der Waals surface area contributed by atoms with Gasteiger partial charge in [-0.2, -0.15) is 13.2 Å². The van der Waals surface area contributed by atoms with E-state index in [1.165, 1.54) is 12.1 Å². The quantitative estimate of drug-likeness (QED) is 0.785. The minimum absolute atomic E-state index is 0.00286. The van der Waals surface area contributed by atoms with Gasteiger partial charge in [-0.25, -0.2) is 0 Å². The molecule has 2 N–H and O–H groups in total. The predicted molar refractivity (Wildman–Crippen MR) is 87.8 cm³/mol. The van der Waals surface area contributed by atoms with Crippen molar-refractivity contribution in [3.8, 4) is 0 Å². The maximum Gasteiger partial charge on any atom is 0.416 e. The largest absolute Gasteiger partial charge is 0.416 e. The van der Waals surface area contributed by atoms with Gasteiger partial charge in [0.1, 0.15) is 6.42 Å². The lowest BCUT2D eigenvalue weighted by Gasteiger charge is -2.10. The summed E-state index contributed by atoms with van der Waals surface area (Å²) >= 11 is 0. The number of hydrogen-bond acceptors (Lipinski definition) is 2. The molecular weight excluding hydrogens is 333 g/mol. The molecule has 0 saturated heterocycles. The Labute approximate surface area is 143 Å². The molecular formula is C18H17F3N2O2. The maximum atomic E-state index is 12.6. The first-order valence-corrected chi connectivity index (χ1v) is 7.62. The van der Waals surface area contributed by atoms with Crippen molar-refractivity contribution in [1.82, 2.24) is 5.32 Å². The highest BCUT2D eigenvalue weighted by molar-refractivity contribution is 6.03. The summed E-state index contributed by atoms with van der Waals surface area (Å²) in [5.74, 6) is -1.16. The summed E-state index contributed by atoms with van der Waals surface area (Å²) in [6.07, 6.45) is -4.32. The van der Waals surface area contributed by atoms with E-state index in [1.54, 1.807) is 0 Å². The van der Waals surface area contributed by atoms with E-state index in [0.29, 0.717) is 13.0 Å². The highest BCUT2D eigenvalue weighted by Gasteiger charge is 2.30. The number of carbonyl (C=O) groups is 2. The number of amides is 2. The van der Waals surface area contributed by atoms with E-state index in [2.05, 4.69) is 10.6 Å². The third-order valence-electron chi connectivity index (χ3n) is 3.37. The Hall–Kier alpha value is -2.83. The van der Waals surface area contributed by atoms with Gasteiger partial charge in [-0.15, -0.1) is 0 Å². The Balaban J connectivity index is 1.79. The van der Waals surface area contributed by atoms with Crippen molar-refractivity contribution in [3.63, 3.8) is 0 Å². The van der Waals surface area contributed by atoms with Gasteiger partial charge in [0.05, 0.1) is 5.56 Å². The fourth-order valence-electron chi connectivity index (χ4n) is 2.18. The molecule has 2 amide bonds. The van der Waals surface area contributed by atoms with Crippen molar-refractivity contribution < 1.29 is 22.8 Å². The van der Waals surface area contributed by atoms with Gasteiger partial charge < -0.3 is 10.6 Å². The van der Waals surface area contributed by atoms with E-state index in [0.717, 1.165) is 17.7 Å². The van der Waals surface area contributed by atoms with Crippen LogP contribution in [0.2, 0.25) is 0 Å². The Morgan fingerprint density at radius 2 is 1.64 bits per heavy atom. The molecule has 2 rings (SSSR count). The van der Waals surface area contributed by atoms with Crippen molar-refractivity contribution >= 4 is 17.5 Å². The average molecular weight is 350 g/mol. The van der Waals surface area contributed by atoms with Crippen LogP contribution < -0.4 is 10.6 Å². The number of alkyl halides is 3. The van der Waals surface area contributed by atoms with Crippen molar-refractivity contribution in [1.29, 1.82) is 0 Å². The van der Waals surface area contributed by atoms with Crippen LogP contribution in [0.3, 0.4) is 0 Å². The van der Waals surface area contributed by atoms with Gasteiger partial charge in [-0.05, 0) is 30.2 Å². The van der Waals surface area contributed by atoms with Crippen molar-refractivity contribution in [2.45, 2.75) is 19.0 Å². The summed E-state index contributed by atoms with van der Waals surface area (Å²) < 4.78 is 37.9. The van der Waals surface area contributed by atoms with E-state index < -0.39 is 30.0 Å². The lowest BCUT2D eigenvalue weighted by molar-refractivity contribution is -0.137. The first kappa shape index (κ1) is 18.5. The van der Waals surface area contributed by atoms with Crippen LogP contribution in [0.15, 0.2) is 54.6 Å². The predicted octanol–water partition coefficient (Wildman–Crippen LogP) is 3.39. The highest BCUT2D eigenvalue weighted by Crippen LogP contribution is 2.30. The van der Waals surface area contributed by atoms with E-state index in [4.69, 9.17) is 0 Å². The van der Waals surface area contributed by atoms with Crippen LogP contribution in [-0.4, -0.2) is 18.4 Å². The number of anilines is 1. The van der Waals surface area contributed by atoms with E-state index >= 15 is 0 Å². The van der Waals surface area contributed by atoms with Gasteiger partial charge in [0.2, 0.25) is 11.8 Å². The first-order valence-electron chi connectivity index (χ1n) is 7.62. The van der Waals surface area contributed by atoms with Gasteiger partial charge in [-0.1, -0.05) is 36.4 Å². The van der Waals surface area contributed by atoms with Gasteiger partial charge in [0.25, 0.3) is 0 Å². The molecule has 0 aliphatic heterocycles. The summed E-state index contributed by atoms with van der Waals surface area (Å²) in [5, 5.41) is 4.90. The molecule has 132 valence electrons. The zero-order chi connectivity index (χ0) is 18.3. The number of halogens is 3. The standard InChI is InChI=1S/C18H17F3N2O2/c19-18(20,21)14-7-4-8-15(11-14)23-17(25)12-16(24)22-10-9-13-5-2-1-3-6-13/h1-8,11H,9-10,12H2,(H,22,24)(H,23,25). The number of carbonyl (C=O) groups excluding carboxylic acids is 2. The van der Waals surface area contributed by atoms with E-state index in [1.807, 2.05) is 30.3 Å². The van der Waals surface area contributed by atoms with Crippen LogP contribution in [0.4, 0.5) is 18.9 Å². The Morgan fingerprint density at radius 1 is 0.920 bits per heavy atom. The Morgan fingerprint density at radius 3 is 2.32 bits per heavy atom. The smallest absolute Gasteiger partial charge is 0.355 e. The second kappa shape index (κ2) is 8.32. The normalized spacial score (nSPS) is 11.0. The monoisotopic (exact) mass is 350 g/mol. The molecule has 0 unspecified atom stereocenters. The molecule has 0 aliphatic carbocycles. The molecule has 0 radical (unpaired) electrons. The summed E-state index contributed by atoms with van der Waals surface area (Å²) in [6, 6.07) is 13.8. The van der Waals surface area contributed by atoms with Crippen LogP contribution in [-0.2, 0) is 22.2 Å². The summed E-state index contributed by atoms with van der Waals surface area (Å²) in [7, 11) is 0. The number of nitrogens with one attached hydrogen (secondary N) is 2. The van der Waals surface area contributed by atoms with Crippen molar-refractivity contribution in [2.75, 3.05) is 11.9 Å². The third kappa shape index (κ3) is 6.29. The zero-order valence-corrected chi connectivity index (χ0v) is 13.3. The highest BCUT2D eigenvalue weighted by atomic mass is 19.4. The molecule has 4 nitrogen and oxygen atoms in total. The zero-order valence-electron chi connectivity index (χ0n) is 13.3. The molecule has 25 heavy (non-hydrogen) atoms. The van der Waals surface area contributed by atoms with Crippen molar-refractivity contribution in [2.24, 2.45) is 0 Å². The van der Waals surface area contributed by atoms with E-state index in [9.17, 15) is 22.8 Å². The second-order valence-electron chi connectivity index (χ2n) is 5.39. The minimum Gasteiger partial charge on any atom is -0.355 e. The van der Waals surface area contributed by atoms with Gasteiger partial charge in [-0.3, -0.25) is 9.59 Å². The molecule has 0 fully saturated rings. The summed E-state index contributed by atoms with van der Waals surface area (Å²) in [4.78, 5) is 23.5. The van der Waals surface area contributed by atoms with Crippen LogP contribution in [0, 0.1) is 0 Å².